The molecule has 0 fully saturated rings. The fraction of sp³-hybridized carbons (Fsp3) is 0.217. The number of nitrogens with one attached hydrogen (secondary N) is 1. The number of pyridine rings is 1. The molecule has 0 saturated carbocycles. The summed E-state index contributed by atoms with van der Waals surface area (Å²) in [6.07, 6.45) is 3.44. The first-order chi connectivity index (χ1) is 14.4. The molecule has 6 nitrogen and oxygen atoms in total. The zero-order chi connectivity index (χ0) is 21.3. The van der Waals surface area contributed by atoms with Gasteiger partial charge in [0.15, 0.2) is 5.69 Å². The summed E-state index contributed by atoms with van der Waals surface area (Å²) in [6.45, 7) is 7.01. The van der Waals surface area contributed by atoms with Crippen molar-refractivity contribution < 1.29 is 4.79 Å². The lowest BCUT2D eigenvalue weighted by atomic mass is 10.0. The molecule has 4 rings (SSSR count). The van der Waals surface area contributed by atoms with Crippen molar-refractivity contribution in [2.24, 2.45) is 4.99 Å². The van der Waals surface area contributed by atoms with Crippen molar-refractivity contribution in [2.45, 2.75) is 26.2 Å². The number of nitrogens with zero attached hydrogens (tertiary/aromatic N) is 4. The molecule has 150 valence electrons. The van der Waals surface area contributed by atoms with E-state index >= 15 is 0 Å². The number of amides is 1. The summed E-state index contributed by atoms with van der Waals surface area (Å²) >= 11 is 0. The minimum absolute atomic E-state index is 0.223. The second-order valence-corrected chi connectivity index (χ2v) is 12.9. The van der Waals surface area contributed by atoms with Crippen LogP contribution in [0.2, 0.25) is 19.6 Å². The second kappa shape index (κ2) is 7.73. The SMILES string of the molecule is CNC(=O)c1ncn2c1CN=C(c1ccccn1)c1cc(C#C[Si](C)(C)C)ccc1-2. The van der Waals surface area contributed by atoms with Crippen LogP contribution in [0, 0.1) is 11.5 Å². The number of imidazole rings is 1. The van der Waals surface area contributed by atoms with E-state index < -0.39 is 8.07 Å². The van der Waals surface area contributed by atoms with Gasteiger partial charge < -0.3 is 5.32 Å². The number of rotatable bonds is 2. The van der Waals surface area contributed by atoms with Gasteiger partial charge in [-0.3, -0.25) is 19.3 Å². The number of hydrogen-bond donors (Lipinski definition) is 1. The Hall–Kier alpha value is -3.50. The Balaban J connectivity index is 1.93. The van der Waals surface area contributed by atoms with Crippen LogP contribution in [0.1, 0.15) is 33.0 Å². The minimum atomic E-state index is -1.50. The van der Waals surface area contributed by atoms with Crippen LogP contribution in [-0.2, 0) is 6.54 Å². The lowest BCUT2D eigenvalue weighted by Crippen LogP contribution is -2.20. The summed E-state index contributed by atoms with van der Waals surface area (Å²) in [4.78, 5) is 26.0. The van der Waals surface area contributed by atoms with Gasteiger partial charge in [0.1, 0.15) is 14.4 Å². The highest BCUT2D eigenvalue weighted by molar-refractivity contribution is 6.83. The fourth-order valence-corrected chi connectivity index (χ4v) is 3.79. The summed E-state index contributed by atoms with van der Waals surface area (Å²) < 4.78 is 1.94. The van der Waals surface area contributed by atoms with Gasteiger partial charge in [-0.25, -0.2) is 4.98 Å². The topological polar surface area (TPSA) is 72.2 Å². The zero-order valence-corrected chi connectivity index (χ0v) is 18.5. The van der Waals surface area contributed by atoms with Crippen LogP contribution in [0.4, 0.5) is 0 Å². The minimum Gasteiger partial charge on any atom is -0.354 e. The maximum absolute atomic E-state index is 12.3. The van der Waals surface area contributed by atoms with Gasteiger partial charge in [0.05, 0.1) is 29.3 Å². The molecule has 0 spiro atoms. The van der Waals surface area contributed by atoms with Crippen molar-refractivity contribution >= 4 is 19.7 Å². The molecule has 3 heterocycles. The second-order valence-electron chi connectivity index (χ2n) is 8.10. The Bertz CT molecular complexity index is 1210. The van der Waals surface area contributed by atoms with E-state index in [0.717, 1.165) is 33.9 Å². The van der Waals surface area contributed by atoms with Crippen molar-refractivity contribution in [3.8, 4) is 17.2 Å². The third kappa shape index (κ3) is 3.82. The number of benzene rings is 1. The van der Waals surface area contributed by atoms with Gasteiger partial charge in [-0.05, 0) is 30.3 Å². The lowest BCUT2D eigenvalue weighted by Gasteiger charge is -2.12. The number of aromatic nitrogens is 3. The monoisotopic (exact) mass is 413 g/mol. The summed E-state index contributed by atoms with van der Waals surface area (Å²) in [5.41, 5.74) is 8.91. The highest BCUT2D eigenvalue weighted by Crippen LogP contribution is 2.27. The predicted octanol–water partition coefficient (Wildman–Crippen LogP) is 3.21. The molecule has 1 N–H and O–H groups in total. The molecule has 0 unspecified atom stereocenters. The first kappa shape index (κ1) is 19.8. The maximum atomic E-state index is 12.3. The molecular formula is C23H23N5OSi. The molecule has 7 heteroatoms. The van der Waals surface area contributed by atoms with E-state index in [1.165, 1.54) is 0 Å². The molecule has 0 radical (unpaired) electrons. The van der Waals surface area contributed by atoms with Crippen LogP contribution in [0.5, 0.6) is 0 Å². The molecule has 0 bridgehead atoms. The summed E-state index contributed by atoms with van der Waals surface area (Å²) in [5.74, 6) is 3.11. The Labute approximate surface area is 177 Å². The summed E-state index contributed by atoms with van der Waals surface area (Å²) in [5, 5.41) is 2.65. The first-order valence-corrected chi connectivity index (χ1v) is 13.3. The van der Waals surface area contributed by atoms with E-state index in [1.807, 2.05) is 34.9 Å². The molecule has 30 heavy (non-hydrogen) atoms. The van der Waals surface area contributed by atoms with Gasteiger partial charge in [0.25, 0.3) is 5.91 Å². The number of hydrogen-bond acceptors (Lipinski definition) is 4. The lowest BCUT2D eigenvalue weighted by molar-refractivity contribution is 0.0957. The van der Waals surface area contributed by atoms with Crippen LogP contribution in [0.25, 0.3) is 5.69 Å². The number of fused-ring (bicyclic) bond motifs is 3. The normalized spacial score (nSPS) is 12.6. The molecule has 0 saturated heterocycles. The van der Waals surface area contributed by atoms with Crippen LogP contribution < -0.4 is 5.32 Å². The molecular weight excluding hydrogens is 390 g/mol. The summed E-state index contributed by atoms with van der Waals surface area (Å²) in [7, 11) is 0.101. The number of carbonyl (C=O) groups excluding carboxylic acids is 1. The molecule has 1 aliphatic heterocycles. The van der Waals surface area contributed by atoms with Crippen molar-refractivity contribution in [1.82, 2.24) is 19.9 Å². The molecule has 1 amide bonds. The van der Waals surface area contributed by atoms with Crippen molar-refractivity contribution in [2.75, 3.05) is 7.05 Å². The van der Waals surface area contributed by atoms with E-state index in [0.29, 0.717) is 12.2 Å². The standard InChI is InChI=1S/C23H23N5OSi/c1-24-23(29)22-20-14-26-21(18-7-5-6-11-25-18)17-13-16(10-12-30(2,3)4)8-9-19(17)28(20)15-27-22/h5-9,11,13,15H,14H2,1-4H3,(H,24,29). The fourth-order valence-electron chi connectivity index (χ4n) is 3.27. The van der Waals surface area contributed by atoms with Gasteiger partial charge >= 0.3 is 0 Å². The smallest absolute Gasteiger partial charge is 0.271 e. The van der Waals surface area contributed by atoms with E-state index in [9.17, 15) is 4.79 Å². The Kier molecular flexibility index (Phi) is 5.10. The molecule has 0 aliphatic carbocycles. The highest BCUT2D eigenvalue weighted by Gasteiger charge is 2.24. The van der Waals surface area contributed by atoms with Crippen LogP contribution >= 0.6 is 0 Å². The van der Waals surface area contributed by atoms with Crippen molar-refractivity contribution in [1.29, 1.82) is 0 Å². The zero-order valence-electron chi connectivity index (χ0n) is 17.5. The quantitative estimate of drug-likeness (QED) is 0.518. The molecule has 1 aromatic carbocycles. The van der Waals surface area contributed by atoms with Gasteiger partial charge in [0.2, 0.25) is 0 Å². The van der Waals surface area contributed by atoms with Crippen molar-refractivity contribution in [3.05, 3.63) is 77.1 Å². The Morgan fingerprint density at radius 3 is 2.70 bits per heavy atom. The average molecular weight is 414 g/mol. The largest absolute Gasteiger partial charge is 0.354 e. The average Bonchev–Trinajstić information content (AvgIpc) is 3.09. The maximum Gasteiger partial charge on any atom is 0.271 e. The van der Waals surface area contributed by atoms with E-state index in [-0.39, 0.29) is 5.91 Å². The third-order valence-corrected chi connectivity index (χ3v) is 5.57. The van der Waals surface area contributed by atoms with Gasteiger partial charge in [-0.1, -0.05) is 31.6 Å². The van der Waals surface area contributed by atoms with Crippen LogP contribution in [-0.4, -0.2) is 41.3 Å². The van der Waals surface area contributed by atoms with Gasteiger partial charge in [0, 0.05) is 24.4 Å². The van der Waals surface area contributed by atoms with Crippen molar-refractivity contribution in [3.63, 3.8) is 0 Å². The number of carbonyl (C=O) groups is 1. The molecule has 3 aromatic rings. The third-order valence-electron chi connectivity index (χ3n) is 4.70. The predicted molar refractivity (Wildman–Crippen MR) is 121 cm³/mol. The highest BCUT2D eigenvalue weighted by atomic mass is 28.3. The molecule has 1 aliphatic rings. The number of aliphatic imine (C=N–C) groups is 1. The Morgan fingerprint density at radius 1 is 1.17 bits per heavy atom. The van der Waals surface area contributed by atoms with E-state index in [2.05, 4.69) is 52.5 Å². The molecule has 0 atom stereocenters. The van der Waals surface area contributed by atoms with E-state index in [1.54, 1.807) is 19.6 Å². The molecule has 2 aromatic heterocycles. The van der Waals surface area contributed by atoms with Gasteiger partial charge in [-0.15, -0.1) is 5.54 Å². The Morgan fingerprint density at radius 2 is 2.00 bits per heavy atom. The van der Waals surface area contributed by atoms with Crippen LogP contribution in [0.15, 0.2) is 53.9 Å². The van der Waals surface area contributed by atoms with Gasteiger partial charge in [-0.2, -0.15) is 0 Å². The first-order valence-electron chi connectivity index (χ1n) is 9.79. The van der Waals surface area contributed by atoms with Crippen LogP contribution in [0.3, 0.4) is 0 Å². The summed E-state index contributed by atoms with van der Waals surface area (Å²) in [6, 6.07) is 11.9. The van der Waals surface area contributed by atoms with E-state index in [4.69, 9.17) is 4.99 Å².